The van der Waals surface area contributed by atoms with Gasteiger partial charge < -0.3 is 9.47 Å². The predicted octanol–water partition coefficient (Wildman–Crippen LogP) is 3.94. The molecule has 0 bridgehead atoms. The molecule has 1 aliphatic heterocycles. The molecule has 0 spiro atoms. The fraction of sp³-hybridized carbons (Fsp3) is 0.571. The first-order valence-electron chi connectivity index (χ1n) is 6.29. The number of ether oxygens (including phenoxy) is 2. The summed E-state index contributed by atoms with van der Waals surface area (Å²) in [5.74, 6) is 3.35. The number of rotatable bonds is 3. The molecule has 3 rings (SSSR count). The van der Waals surface area contributed by atoms with Crippen LogP contribution < -0.4 is 9.47 Å². The molecule has 0 aromatic heterocycles. The van der Waals surface area contributed by atoms with E-state index in [4.69, 9.17) is 9.47 Å². The fourth-order valence-corrected chi connectivity index (χ4v) is 3.11. The molecule has 0 amide bonds. The molecule has 2 aliphatic rings. The summed E-state index contributed by atoms with van der Waals surface area (Å²) in [5.41, 5.74) is 1.30. The molecule has 0 saturated heterocycles. The SMILES string of the molecule is CC(C1CC1)C(Br)c1ccc2c(c1)OCCO2. The topological polar surface area (TPSA) is 18.5 Å². The Morgan fingerprint density at radius 3 is 2.59 bits per heavy atom. The Hall–Kier alpha value is -0.700. The van der Waals surface area contributed by atoms with E-state index >= 15 is 0 Å². The summed E-state index contributed by atoms with van der Waals surface area (Å²) in [6.07, 6.45) is 2.77. The van der Waals surface area contributed by atoms with Crippen molar-refractivity contribution in [1.29, 1.82) is 0 Å². The molecule has 1 aromatic carbocycles. The normalized spacial score (nSPS) is 22.0. The Morgan fingerprint density at radius 1 is 1.18 bits per heavy atom. The number of hydrogen-bond donors (Lipinski definition) is 0. The summed E-state index contributed by atoms with van der Waals surface area (Å²) in [7, 11) is 0. The first kappa shape index (κ1) is 11.4. The van der Waals surface area contributed by atoms with E-state index in [1.165, 1.54) is 18.4 Å². The van der Waals surface area contributed by atoms with E-state index in [2.05, 4.69) is 35.0 Å². The summed E-state index contributed by atoms with van der Waals surface area (Å²) >= 11 is 3.82. The second-order valence-corrected chi connectivity index (χ2v) is 5.99. The smallest absolute Gasteiger partial charge is 0.161 e. The van der Waals surface area contributed by atoms with Crippen LogP contribution in [0.3, 0.4) is 0 Å². The van der Waals surface area contributed by atoms with Crippen LogP contribution in [0.1, 0.15) is 30.2 Å². The summed E-state index contributed by atoms with van der Waals surface area (Å²) in [6, 6.07) is 6.29. The zero-order chi connectivity index (χ0) is 11.8. The standard InChI is InChI=1S/C14H17BrO2/c1-9(10-2-3-10)14(15)11-4-5-12-13(8-11)17-7-6-16-12/h4-5,8-10,14H,2-3,6-7H2,1H3. The van der Waals surface area contributed by atoms with Crippen molar-refractivity contribution >= 4 is 15.9 Å². The van der Waals surface area contributed by atoms with Crippen LogP contribution in [0.4, 0.5) is 0 Å². The summed E-state index contributed by atoms with van der Waals surface area (Å²) in [4.78, 5) is 0.422. The minimum atomic E-state index is 0.422. The third-order valence-corrected chi connectivity index (χ3v) is 5.07. The van der Waals surface area contributed by atoms with Crippen molar-refractivity contribution in [3.8, 4) is 11.5 Å². The Morgan fingerprint density at radius 2 is 1.88 bits per heavy atom. The highest BCUT2D eigenvalue weighted by atomic mass is 79.9. The highest BCUT2D eigenvalue weighted by molar-refractivity contribution is 9.09. The number of alkyl halides is 1. The lowest BCUT2D eigenvalue weighted by atomic mass is 9.96. The van der Waals surface area contributed by atoms with Crippen LogP contribution in [-0.4, -0.2) is 13.2 Å². The van der Waals surface area contributed by atoms with Crippen molar-refractivity contribution in [3.63, 3.8) is 0 Å². The van der Waals surface area contributed by atoms with Crippen molar-refractivity contribution in [2.75, 3.05) is 13.2 Å². The Labute approximate surface area is 110 Å². The highest BCUT2D eigenvalue weighted by Gasteiger charge is 2.33. The molecule has 1 heterocycles. The maximum absolute atomic E-state index is 5.62. The molecule has 2 nitrogen and oxygen atoms in total. The zero-order valence-electron chi connectivity index (χ0n) is 9.99. The molecule has 17 heavy (non-hydrogen) atoms. The third kappa shape index (κ3) is 2.30. The summed E-state index contributed by atoms with van der Waals surface area (Å²) in [5, 5.41) is 0. The average Bonchev–Trinajstić information content (AvgIpc) is 3.21. The fourth-order valence-electron chi connectivity index (χ4n) is 2.40. The Bertz CT molecular complexity index is 415. The maximum atomic E-state index is 5.62. The van der Waals surface area contributed by atoms with E-state index in [0.29, 0.717) is 24.0 Å². The quantitative estimate of drug-likeness (QED) is 0.787. The number of benzene rings is 1. The van der Waals surface area contributed by atoms with E-state index in [9.17, 15) is 0 Å². The maximum Gasteiger partial charge on any atom is 0.161 e. The van der Waals surface area contributed by atoms with Crippen molar-refractivity contribution in [1.82, 2.24) is 0 Å². The van der Waals surface area contributed by atoms with Gasteiger partial charge in [0.2, 0.25) is 0 Å². The molecule has 1 fully saturated rings. The van der Waals surface area contributed by atoms with E-state index < -0.39 is 0 Å². The van der Waals surface area contributed by atoms with Gasteiger partial charge >= 0.3 is 0 Å². The van der Waals surface area contributed by atoms with Crippen LogP contribution >= 0.6 is 15.9 Å². The molecule has 0 radical (unpaired) electrons. The average molecular weight is 297 g/mol. The van der Waals surface area contributed by atoms with Gasteiger partial charge in [-0.3, -0.25) is 0 Å². The molecule has 92 valence electrons. The molecule has 2 unspecified atom stereocenters. The van der Waals surface area contributed by atoms with Gasteiger partial charge in [0.25, 0.3) is 0 Å². The van der Waals surface area contributed by atoms with Crippen molar-refractivity contribution < 1.29 is 9.47 Å². The molecule has 0 N–H and O–H groups in total. The number of hydrogen-bond acceptors (Lipinski definition) is 2. The molecular formula is C14H17BrO2. The van der Waals surface area contributed by atoms with E-state index in [1.807, 2.05) is 6.07 Å². The van der Waals surface area contributed by atoms with E-state index in [0.717, 1.165) is 17.4 Å². The van der Waals surface area contributed by atoms with Crippen LogP contribution in [-0.2, 0) is 0 Å². The second kappa shape index (κ2) is 4.52. The zero-order valence-corrected chi connectivity index (χ0v) is 11.6. The van der Waals surface area contributed by atoms with Gasteiger partial charge in [0, 0.05) is 4.83 Å². The van der Waals surface area contributed by atoms with Gasteiger partial charge in [-0.05, 0) is 42.4 Å². The molecule has 1 aromatic rings. The van der Waals surface area contributed by atoms with Crippen LogP contribution in [0.25, 0.3) is 0 Å². The number of fused-ring (bicyclic) bond motifs is 1. The van der Waals surface area contributed by atoms with Crippen LogP contribution in [0.15, 0.2) is 18.2 Å². The minimum Gasteiger partial charge on any atom is -0.486 e. The van der Waals surface area contributed by atoms with Gasteiger partial charge in [0.1, 0.15) is 13.2 Å². The molecule has 1 aliphatic carbocycles. The van der Waals surface area contributed by atoms with Gasteiger partial charge in [-0.2, -0.15) is 0 Å². The van der Waals surface area contributed by atoms with Gasteiger partial charge in [-0.1, -0.05) is 28.9 Å². The Kier molecular flexibility index (Phi) is 3.03. The summed E-state index contributed by atoms with van der Waals surface area (Å²) < 4.78 is 11.2. The minimum absolute atomic E-state index is 0.422. The largest absolute Gasteiger partial charge is 0.486 e. The van der Waals surface area contributed by atoms with Gasteiger partial charge in [-0.25, -0.2) is 0 Å². The van der Waals surface area contributed by atoms with Crippen LogP contribution in [0.5, 0.6) is 11.5 Å². The highest BCUT2D eigenvalue weighted by Crippen LogP contribution is 2.47. The third-order valence-electron chi connectivity index (χ3n) is 3.71. The van der Waals surface area contributed by atoms with Gasteiger partial charge in [-0.15, -0.1) is 0 Å². The summed E-state index contributed by atoms with van der Waals surface area (Å²) in [6.45, 7) is 3.64. The van der Waals surface area contributed by atoms with E-state index in [1.54, 1.807) is 0 Å². The van der Waals surface area contributed by atoms with E-state index in [-0.39, 0.29) is 0 Å². The Balaban J connectivity index is 1.82. The second-order valence-electron chi connectivity index (χ2n) is 5.00. The van der Waals surface area contributed by atoms with Crippen molar-refractivity contribution in [3.05, 3.63) is 23.8 Å². The van der Waals surface area contributed by atoms with Crippen LogP contribution in [0.2, 0.25) is 0 Å². The molecule has 1 saturated carbocycles. The molecule has 3 heteroatoms. The lowest BCUT2D eigenvalue weighted by Crippen LogP contribution is -2.16. The monoisotopic (exact) mass is 296 g/mol. The van der Waals surface area contributed by atoms with Crippen molar-refractivity contribution in [2.45, 2.75) is 24.6 Å². The predicted molar refractivity (Wildman–Crippen MR) is 71.0 cm³/mol. The first-order chi connectivity index (χ1) is 8.25. The molecular weight excluding hydrogens is 280 g/mol. The lowest BCUT2D eigenvalue weighted by molar-refractivity contribution is 0.171. The lowest BCUT2D eigenvalue weighted by Gasteiger charge is -2.22. The molecule has 2 atom stereocenters. The van der Waals surface area contributed by atoms with Crippen molar-refractivity contribution in [2.24, 2.45) is 11.8 Å². The number of halogens is 1. The van der Waals surface area contributed by atoms with Gasteiger partial charge in [0.15, 0.2) is 11.5 Å². The van der Waals surface area contributed by atoms with Crippen LogP contribution in [0, 0.1) is 11.8 Å². The first-order valence-corrected chi connectivity index (χ1v) is 7.21. The van der Waals surface area contributed by atoms with Gasteiger partial charge in [0.05, 0.1) is 0 Å².